The molecule has 1 aromatic heterocycles. The van der Waals surface area contributed by atoms with Gasteiger partial charge in [-0.1, -0.05) is 6.07 Å². The van der Waals surface area contributed by atoms with E-state index in [1.165, 1.54) is 17.0 Å². The average molecular weight is 371 g/mol. The fourth-order valence-corrected chi connectivity index (χ4v) is 3.75. The number of carbonyl (C=O) groups excluding carboxylic acids is 2. The van der Waals surface area contributed by atoms with Crippen LogP contribution in [0.5, 0.6) is 0 Å². The zero-order chi connectivity index (χ0) is 19.1. The molecule has 27 heavy (non-hydrogen) atoms. The number of benzene rings is 1. The molecule has 3 heterocycles. The monoisotopic (exact) mass is 371 g/mol. The van der Waals surface area contributed by atoms with Gasteiger partial charge in [-0.15, -0.1) is 0 Å². The maximum absolute atomic E-state index is 13.4. The molecule has 1 aromatic carbocycles. The maximum Gasteiger partial charge on any atom is 0.247 e. The molecular weight excluding hydrogens is 349 g/mol. The molecule has 7 nitrogen and oxygen atoms in total. The molecule has 2 aliphatic heterocycles. The minimum atomic E-state index is -0.425. The first-order chi connectivity index (χ1) is 12.9. The lowest BCUT2D eigenvalue weighted by atomic mass is 10.0. The van der Waals surface area contributed by atoms with Crippen molar-refractivity contribution in [1.82, 2.24) is 24.5 Å². The van der Waals surface area contributed by atoms with Crippen LogP contribution in [0.3, 0.4) is 0 Å². The Bertz CT molecular complexity index is 882. The molecule has 0 spiro atoms. The lowest BCUT2D eigenvalue weighted by Crippen LogP contribution is -2.68. The van der Waals surface area contributed by atoms with Crippen molar-refractivity contribution in [2.24, 2.45) is 0 Å². The van der Waals surface area contributed by atoms with E-state index in [4.69, 9.17) is 0 Å². The zero-order valence-corrected chi connectivity index (χ0v) is 15.4. The molecule has 2 atom stereocenters. The van der Waals surface area contributed by atoms with E-state index in [1.807, 2.05) is 6.20 Å². The molecule has 0 bridgehead atoms. The van der Waals surface area contributed by atoms with Crippen LogP contribution in [-0.4, -0.2) is 75.1 Å². The number of hydrogen-bond donors (Lipinski definition) is 0. The van der Waals surface area contributed by atoms with Gasteiger partial charge >= 0.3 is 0 Å². The number of likely N-dealkylation sites (N-methyl/N-ethyl adjacent to an activating group) is 1. The number of halogens is 1. The second kappa shape index (κ2) is 6.77. The van der Waals surface area contributed by atoms with Gasteiger partial charge in [-0.2, -0.15) is 5.10 Å². The minimum Gasteiger partial charge on any atom is -0.332 e. The second-order valence-corrected chi connectivity index (χ2v) is 7.18. The van der Waals surface area contributed by atoms with Gasteiger partial charge in [0.2, 0.25) is 11.8 Å². The maximum atomic E-state index is 13.4. The number of nitrogens with zero attached hydrogens (tertiary/aromatic N) is 5. The van der Waals surface area contributed by atoms with Gasteiger partial charge in [-0.3, -0.25) is 14.5 Å². The number of hydrogen-bond acceptors (Lipinski definition) is 4. The van der Waals surface area contributed by atoms with E-state index in [0.717, 1.165) is 5.56 Å². The highest BCUT2D eigenvalue weighted by atomic mass is 19.1. The molecule has 2 saturated heterocycles. The quantitative estimate of drug-likeness (QED) is 0.804. The number of amides is 2. The summed E-state index contributed by atoms with van der Waals surface area (Å²) >= 11 is 0. The Morgan fingerprint density at radius 1 is 1.22 bits per heavy atom. The van der Waals surface area contributed by atoms with Crippen molar-refractivity contribution in [3.05, 3.63) is 48.0 Å². The van der Waals surface area contributed by atoms with Crippen LogP contribution in [0.25, 0.3) is 5.69 Å². The third-order valence-corrected chi connectivity index (χ3v) is 5.43. The van der Waals surface area contributed by atoms with E-state index in [1.54, 1.807) is 41.9 Å². The SMILES string of the molecule is C[C@H]1C(=O)N2CCN(Cc3cnn(-c4cccc(F)c4)c3)C[C@@H]2C(=O)N1C. The fourth-order valence-electron chi connectivity index (χ4n) is 3.75. The Balaban J connectivity index is 1.46. The molecule has 0 aliphatic carbocycles. The van der Waals surface area contributed by atoms with Gasteiger partial charge in [0.15, 0.2) is 0 Å². The highest BCUT2D eigenvalue weighted by Gasteiger charge is 2.44. The van der Waals surface area contributed by atoms with Crippen LogP contribution in [0.1, 0.15) is 12.5 Å². The minimum absolute atomic E-state index is 0.0118. The van der Waals surface area contributed by atoms with E-state index in [0.29, 0.717) is 31.9 Å². The molecule has 2 aliphatic rings. The number of fused-ring (bicyclic) bond motifs is 1. The summed E-state index contributed by atoms with van der Waals surface area (Å²) in [5.41, 5.74) is 1.64. The first kappa shape index (κ1) is 17.7. The van der Waals surface area contributed by atoms with Crippen molar-refractivity contribution >= 4 is 11.8 Å². The Morgan fingerprint density at radius 2 is 2.04 bits per heavy atom. The van der Waals surface area contributed by atoms with Crippen LogP contribution >= 0.6 is 0 Å². The third kappa shape index (κ3) is 3.21. The Morgan fingerprint density at radius 3 is 2.81 bits per heavy atom. The third-order valence-electron chi connectivity index (χ3n) is 5.43. The van der Waals surface area contributed by atoms with Gasteiger partial charge in [-0.05, 0) is 25.1 Å². The molecule has 142 valence electrons. The summed E-state index contributed by atoms with van der Waals surface area (Å²) in [4.78, 5) is 30.4. The molecule has 4 rings (SSSR count). The van der Waals surface area contributed by atoms with Crippen LogP contribution in [0.4, 0.5) is 4.39 Å². The lowest BCUT2D eigenvalue weighted by molar-refractivity contribution is -0.163. The molecule has 8 heteroatoms. The molecule has 2 fully saturated rings. The first-order valence-corrected chi connectivity index (χ1v) is 9.03. The summed E-state index contributed by atoms with van der Waals surface area (Å²) in [6, 6.07) is 5.44. The predicted molar refractivity (Wildman–Crippen MR) is 96.5 cm³/mol. The van der Waals surface area contributed by atoms with E-state index in [9.17, 15) is 14.0 Å². The average Bonchev–Trinajstić information content (AvgIpc) is 3.13. The summed E-state index contributed by atoms with van der Waals surface area (Å²) in [5, 5.41) is 4.31. The van der Waals surface area contributed by atoms with Crippen molar-refractivity contribution in [3.8, 4) is 5.69 Å². The van der Waals surface area contributed by atoms with E-state index < -0.39 is 12.1 Å². The van der Waals surface area contributed by atoms with Crippen molar-refractivity contribution < 1.29 is 14.0 Å². The summed E-state index contributed by atoms with van der Waals surface area (Å²) in [7, 11) is 1.68. The van der Waals surface area contributed by atoms with Gasteiger partial charge in [-0.25, -0.2) is 9.07 Å². The van der Waals surface area contributed by atoms with E-state index in [-0.39, 0.29) is 17.6 Å². The Kier molecular flexibility index (Phi) is 4.43. The molecule has 0 saturated carbocycles. The number of rotatable bonds is 3. The van der Waals surface area contributed by atoms with Crippen molar-refractivity contribution in [1.29, 1.82) is 0 Å². The van der Waals surface area contributed by atoms with E-state index >= 15 is 0 Å². The van der Waals surface area contributed by atoms with Gasteiger partial charge in [0.1, 0.15) is 17.9 Å². The standard InChI is InChI=1S/C19H22FN5O2/c1-13-18(26)24-7-6-23(12-17(24)19(27)22(13)2)10-14-9-21-25(11-14)16-5-3-4-15(20)8-16/h3-5,8-9,11,13,17H,6-7,10,12H2,1-2H3/t13-,17+/m0/s1. The summed E-state index contributed by atoms with van der Waals surface area (Å²) < 4.78 is 15.0. The summed E-state index contributed by atoms with van der Waals surface area (Å²) in [6.45, 7) is 4.15. The van der Waals surface area contributed by atoms with Gasteiger partial charge < -0.3 is 9.80 Å². The largest absolute Gasteiger partial charge is 0.332 e. The molecule has 0 radical (unpaired) electrons. The summed E-state index contributed by atoms with van der Waals surface area (Å²) in [6.07, 6.45) is 3.61. The van der Waals surface area contributed by atoms with Crippen molar-refractivity contribution in [2.75, 3.05) is 26.7 Å². The topological polar surface area (TPSA) is 61.7 Å². The smallest absolute Gasteiger partial charge is 0.247 e. The van der Waals surface area contributed by atoms with E-state index in [2.05, 4.69) is 10.00 Å². The van der Waals surface area contributed by atoms with Crippen LogP contribution in [0, 0.1) is 5.82 Å². The van der Waals surface area contributed by atoms with Crippen molar-refractivity contribution in [2.45, 2.75) is 25.6 Å². The highest BCUT2D eigenvalue weighted by Crippen LogP contribution is 2.22. The van der Waals surface area contributed by atoms with Crippen LogP contribution in [0.2, 0.25) is 0 Å². The van der Waals surface area contributed by atoms with Crippen molar-refractivity contribution in [3.63, 3.8) is 0 Å². The highest BCUT2D eigenvalue weighted by molar-refractivity contribution is 5.96. The van der Waals surface area contributed by atoms with Crippen LogP contribution in [-0.2, 0) is 16.1 Å². The number of aromatic nitrogens is 2. The Hall–Kier alpha value is -2.74. The first-order valence-electron chi connectivity index (χ1n) is 9.03. The van der Waals surface area contributed by atoms with Crippen LogP contribution in [0.15, 0.2) is 36.7 Å². The predicted octanol–water partition coefficient (Wildman–Crippen LogP) is 0.885. The number of carbonyl (C=O) groups is 2. The molecule has 2 amide bonds. The fraction of sp³-hybridized carbons (Fsp3) is 0.421. The summed E-state index contributed by atoms with van der Waals surface area (Å²) in [5.74, 6) is -0.303. The Labute approximate surface area is 157 Å². The second-order valence-electron chi connectivity index (χ2n) is 7.18. The normalized spacial score (nSPS) is 23.7. The molecular formula is C19H22FN5O2. The lowest BCUT2D eigenvalue weighted by Gasteiger charge is -2.47. The molecule has 0 unspecified atom stereocenters. The van der Waals surface area contributed by atoms with Gasteiger partial charge in [0, 0.05) is 45.0 Å². The number of piperazine rings is 2. The zero-order valence-electron chi connectivity index (χ0n) is 15.4. The molecule has 0 N–H and O–H groups in total. The van der Waals surface area contributed by atoms with Gasteiger partial charge in [0.05, 0.1) is 11.9 Å². The van der Waals surface area contributed by atoms with Gasteiger partial charge in [0.25, 0.3) is 0 Å². The van der Waals surface area contributed by atoms with Crippen LogP contribution < -0.4 is 0 Å². The molecule has 2 aromatic rings.